The van der Waals surface area contributed by atoms with Gasteiger partial charge in [0.2, 0.25) is 0 Å². The Hall–Kier alpha value is -1.13. The molecule has 1 aromatic rings. The normalized spacial score (nSPS) is 12.8. The zero-order chi connectivity index (χ0) is 15.1. The third kappa shape index (κ3) is 5.10. The van der Waals surface area contributed by atoms with Crippen LogP contribution in [0.1, 0.15) is 44.9 Å². The molecule has 3 nitrogen and oxygen atoms in total. The van der Waals surface area contributed by atoms with E-state index in [9.17, 15) is 4.39 Å². The molecule has 4 heteroatoms. The predicted octanol–water partition coefficient (Wildman–Crippen LogP) is 3.61. The quantitative estimate of drug-likeness (QED) is 0.739. The molecular formula is C16H26FNO2. The lowest BCUT2D eigenvalue weighted by Gasteiger charge is -2.19. The molecule has 1 rings (SSSR count). The molecule has 0 spiro atoms. The van der Waals surface area contributed by atoms with Crippen LogP contribution < -0.4 is 10.1 Å². The van der Waals surface area contributed by atoms with E-state index >= 15 is 0 Å². The maximum atomic E-state index is 13.7. The summed E-state index contributed by atoms with van der Waals surface area (Å²) in [6.07, 6.45) is 0.189. The Morgan fingerprint density at radius 1 is 1.20 bits per heavy atom. The van der Waals surface area contributed by atoms with Crippen molar-refractivity contribution in [3.8, 4) is 5.75 Å². The third-order valence-electron chi connectivity index (χ3n) is 3.06. The van der Waals surface area contributed by atoms with Crippen LogP contribution in [-0.4, -0.2) is 25.9 Å². The standard InChI is InChI=1S/C16H26FNO2/c1-6-18-13(5)14-10-15(17)12(4)9-16(14)20-8-7-19-11(2)3/h9-11,13,18H,6-8H2,1-5H3. The molecule has 0 radical (unpaired) electrons. The smallest absolute Gasteiger partial charge is 0.126 e. The van der Waals surface area contributed by atoms with Gasteiger partial charge >= 0.3 is 0 Å². The zero-order valence-corrected chi connectivity index (χ0v) is 13.1. The fraction of sp³-hybridized carbons (Fsp3) is 0.625. The summed E-state index contributed by atoms with van der Waals surface area (Å²) in [5.41, 5.74) is 1.44. The first-order chi connectivity index (χ1) is 9.45. The first kappa shape index (κ1) is 16.9. The summed E-state index contributed by atoms with van der Waals surface area (Å²) < 4.78 is 25.0. The lowest BCUT2D eigenvalue weighted by atomic mass is 10.0. The van der Waals surface area contributed by atoms with Gasteiger partial charge in [-0.3, -0.25) is 0 Å². The zero-order valence-electron chi connectivity index (χ0n) is 13.1. The van der Waals surface area contributed by atoms with Crippen molar-refractivity contribution < 1.29 is 13.9 Å². The van der Waals surface area contributed by atoms with Gasteiger partial charge in [-0.2, -0.15) is 0 Å². The van der Waals surface area contributed by atoms with Gasteiger partial charge in [0.15, 0.2) is 0 Å². The van der Waals surface area contributed by atoms with Crippen molar-refractivity contribution in [2.75, 3.05) is 19.8 Å². The van der Waals surface area contributed by atoms with Gasteiger partial charge in [-0.15, -0.1) is 0 Å². The average molecular weight is 283 g/mol. The Kier molecular flexibility index (Phi) is 6.96. The molecule has 1 atom stereocenters. The van der Waals surface area contributed by atoms with Crippen LogP contribution in [0.2, 0.25) is 0 Å². The van der Waals surface area contributed by atoms with Gasteiger partial charge in [0.05, 0.1) is 12.7 Å². The molecule has 114 valence electrons. The summed E-state index contributed by atoms with van der Waals surface area (Å²) in [5.74, 6) is 0.528. The topological polar surface area (TPSA) is 30.5 Å². The average Bonchev–Trinajstić information content (AvgIpc) is 2.38. The minimum Gasteiger partial charge on any atom is -0.491 e. The number of nitrogens with one attached hydrogen (secondary N) is 1. The molecule has 0 aromatic heterocycles. The molecular weight excluding hydrogens is 257 g/mol. The van der Waals surface area contributed by atoms with Crippen molar-refractivity contribution >= 4 is 0 Å². The second-order valence-electron chi connectivity index (χ2n) is 5.19. The lowest BCUT2D eigenvalue weighted by Crippen LogP contribution is -2.19. The van der Waals surface area contributed by atoms with Crippen molar-refractivity contribution in [2.24, 2.45) is 0 Å². The van der Waals surface area contributed by atoms with Crippen LogP contribution in [-0.2, 0) is 4.74 Å². The lowest BCUT2D eigenvalue weighted by molar-refractivity contribution is 0.0549. The van der Waals surface area contributed by atoms with Gasteiger partial charge < -0.3 is 14.8 Å². The van der Waals surface area contributed by atoms with Crippen molar-refractivity contribution in [2.45, 2.75) is 46.8 Å². The van der Waals surface area contributed by atoms with E-state index in [1.165, 1.54) is 0 Å². The van der Waals surface area contributed by atoms with Crippen molar-refractivity contribution in [1.82, 2.24) is 5.32 Å². The van der Waals surface area contributed by atoms with E-state index in [0.29, 0.717) is 18.8 Å². The van der Waals surface area contributed by atoms with Crippen LogP contribution in [0.25, 0.3) is 0 Å². The number of aryl methyl sites for hydroxylation is 1. The second-order valence-corrected chi connectivity index (χ2v) is 5.19. The Morgan fingerprint density at radius 3 is 2.50 bits per heavy atom. The fourth-order valence-corrected chi connectivity index (χ4v) is 1.99. The minimum absolute atomic E-state index is 0.0520. The van der Waals surface area contributed by atoms with Gasteiger partial charge in [0, 0.05) is 11.6 Å². The van der Waals surface area contributed by atoms with Gasteiger partial charge in [-0.25, -0.2) is 4.39 Å². The maximum absolute atomic E-state index is 13.7. The van der Waals surface area contributed by atoms with Crippen molar-refractivity contribution in [3.63, 3.8) is 0 Å². The highest BCUT2D eigenvalue weighted by Gasteiger charge is 2.14. The highest BCUT2D eigenvalue weighted by atomic mass is 19.1. The SMILES string of the molecule is CCNC(C)c1cc(F)c(C)cc1OCCOC(C)C. The Morgan fingerprint density at radius 2 is 1.90 bits per heavy atom. The first-order valence-corrected chi connectivity index (χ1v) is 7.23. The highest BCUT2D eigenvalue weighted by molar-refractivity contribution is 5.40. The van der Waals surface area contributed by atoms with Gasteiger partial charge in [0.25, 0.3) is 0 Å². The van der Waals surface area contributed by atoms with E-state index in [0.717, 1.165) is 17.9 Å². The molecule has 0 aliphatic rings. The van der Waals surface area contributed by atoms with Crippen LogP contribution in [0.4, 0.5) is 4.39 Å². The van der Waals surface area contributed by atoms with Crippen molar-refractivity contribution in [1.29, 1.82) is 0 Å². The molecule has 1 N–H and O–H groups in total. The largest absolute Gasteiger partial charge is 0.491 e. The van der Waals surface area contributed by atoms with Crippen molar-refractivity contribution in [3.05, 3.63) is 29.1 Å². The molecule has 0 saturated carbocycles. The van der Waals surface area contributed by atoms with E-state index in [-0.39, 0.29) is 18.0 Å². The Bertz CT molecular complexity index is 421. The number of halogens is 1. The minimum atomic E-state index is -0.199. The monoisotopic (exact) mass is 283 g/mol. The van der Waals surface area contributed by atoms with E-state index in [1.807, 2.05) is 27.7 Å². The third-order valence-corrected chi connectivity index (χ3v) is 3.06. The first-order valence-electron chi connectivity index (χ1n) is 7.23. The summed E-state index contributed by atoms with van der Waals surface area (Å²) in [5, 5.41) is 3.28. The highest BCUT2D eigenvalue weighted by Crippen LogP contribution is 2.28. The van der Waals surface area contributed by atoms with Gasteiger partial charge in [-0.1, -0.05) is 6.92 Å². The molecule has 0 aliphatic carbocycles. The van der Waals surface area contributed by atoms with Crippen LogP contribution in [0.5, 0.6) is 5.75 Å². The molecule has 0 bridgehead atoms. The molecule has 20 heavy (non-hydrogen) atoms. The van der Waals surface area contributed by atoms with Crippen LogP contribution >= 0.6 is 0 Å². The summed E-state index contributed by atoms with van der Waals surface area (Å²) in [6.45, 7) is 11.6. The molecule has 0 saturated heterocycles. The number of benzene rings is 1. The second kappa shape index (κ2) is 8.22. The fourth-order valence-electron chi connectivity index (χ4n) is 1.99. The molecule has 0 fully saturated rings. The summed E-state index contributed by atoms with van der Waals surface area (Å²) >= 11 is 0. The Labute approximate surface area is 121 Å². The van der Waals surface area contributed by atoms with E-state index in [1.54, 1.807) is 19.1 Å². The summed E-state index contributed by atoms with van der Waals surface area (Å²) in [4.78, 5) is 0. The summed E-state index contributed by atoms with van der Waals surface area (Å²) in [6, 6.07) is 3.37. The van der Waals surface area contributed by atoms with E-state index in [2.05, 4.69) is 5.32 Å². The van der Waals surface area contributed by atoms with E-state index in [4.69, 9.17) is 9.47 Å². The van der Waals surface area contributed by atoms with Gasteiger partial charge in [-0.05, 0) is 51.9 Å². The van der Waals surface area contributed by atoms with Gasteiger partial charge in [0.1, 0.15) is 18.2 Å². The van der Waals surface area contributed by atoms with Crippen LogP contribution in [0.15, 0.2) is 12.1 Å². The van der Waals surface area contributed by atoms with Crippen LogP contribution in [0.3, 0.4) is 0 Å². The molecule has 1 unspecified atom stereocenters. The molecule has 0 aliphatic heterocycles. The molecule has 0 heterocycles. The van der Waals surface area contributed by atoms with Crippen LogP contribution in [0, 0.1) is 12.7 Å². The Balaban J connectivity index is 2.78. The summed E-state index contributed by atoms with van der Waals surface area (Å²) in [7, 11) is 0. The number of hydrogen-bond donors (Lipinski definition) is 1. The predicted molar refractivity (Wildman–Crippen MR) is 79.8 cm³/mol. The molecule has 0 amide bonds. The molecule has 1 aromatic carbocycles. The maximum Gasteiger partial charge on any atom is 0.126 e. The number of ether oxygens (including phenoxy) is 2. The number of hydrogen-bond acceptors (Lipinski definition) is 3. The number of rotatable bonds is 8. The van der Waals surface area contributed by atoms with E-state index < -0.39 is 0 Å².